The number of hydrogen-bond donors (Lipinski definition) is 0. The van der Waals surface area contributed by atoms with Crippen molar-refractivity contribution in [1.29, 1.82) is 0 Å². The molecule has 0 saturated carbocycles. The van der Waals surface area contributed by atoms with E-state index in [1.54, 1.807) is 0 Å². The number of fused-ring (bicyclic) bond motifs is 1. The Labute approximate surface area is 66.0 Å². The summed E-state index contributed by atoms with van der Waals surface area (Å²) >= 11 is 0. The third-order valence-electron chi connectivity index (χ3n) is 1.83. The average molecular weight is 144 g/mol. The van der Waals surface area contributed by atoms with Gasteiger partial charge in [-0.25, -0.2) is 0 Å². The Morgan fingerprint density at radius 3 is 3.00 bits per heavy atom. The molecule has 0 N–H and O–H groups in total. The molecule has 1 heterocycles. The second kappa shape index (κ2) is 2.32. The summed E-state index contributed by atoms with van der Waals surface area (Å²) in [6, 6.07) is 7.96. The van der Waals surface area contributed by atoms with E-state index in [-0.39, 0.29) is 6.10 Å². The first-order valence-electron chi connectivity index (χ1n) is 3.61. The number of benzene rings is 1. The summed E-state index contributed by atoms with van der Waals surface area (Å²) in [5.41, 5.74) is 1.22. The first-order valence-corrected chi connectivity index (χ1v) is 3.61. The molecule has 1 atom stereocenters. The van der Waals surface area contributed by atoms with Gasteiger partial charge in [0.15, 0.2) is 6.10 Å². The highest BCUT2D eigenvalue weighted by Crippen LogP contribution is 2.27. The SMILES string of the molecule is C#CC1Cc2ccccc2O1. The van der Waals surface area contributed by atoms with Gasteiger partial charge in [0.25, 0.3) is 0 Å². The van der Waals surface area contributed by atoms with Crippen molar-refractivity contribution in [2.24, 2.45) is 0 Å². The Kier molecular flexibility index (Phi) is 1.33. The zero-order chi connectivity index (χ0) is 7.68. The van der Waals surface area contributed by atoms with Crippen molar-refractivity contribution in [1.82, 2.24) is 0 Å². The van der Waals surface area contributed by atoms with Crippen molar-refractivity contribution in [2.45, 2.75) is 12.5 Å². The van der Waals surface area contributed by atoms with Crippen LogP contribution in [0, 0.1) is 12.3 Å². The van der Waals surface area contributed by atoms with Gasteiger partial charge in [-0.15, -0.1) is 6.42 Å². The van der Waals surface area contributed by atoms with Gasteiger partial charge in [0.1, 0.15) is 5.75 Å². The topological polar surface area (TPSA) is 9.23 Å². The molecule has 0 amide bonds. The molecule has 1 heteroatoms. The zero-order valence-electron chi connectivity index (χ0n) is 6.08. The maximum Gasteiger partial charge on any atom is 0.163 e. The Morgan fingerprint density at radius 2 is 2.27 bits per heavy atom. The van der Waals surface area contributed by atoms with Gasteiger partial charge < -0.3 is 4.74 Å². The molecule has 0 radical (unpaired) electrons. The van der Waals surface area contributed by atoms with Crippen LogP contribution in [-0.2, 0) is 6.42 Å². The number of para-hydroxylation sites is 1. The third kappa shape index (κ3) is 0.969. The van der Waals surface area contributed by atoms with Crippen molar-refractivity contribution in [3.05, 3.63) is 29.8 Å². The largest absolute Gasteiger partial charge is 0.477 e. The van der Waals surface area contributed by atoms with Crippen LogP contribution in [-0.4, -0.2) is 6.10 Å². The smallest absolute Gasteiger partial charge is 0.163 e. The van der Waals surface area contributed by atoms with Gasteiger partial charge in [0, 0.05) is 6.42 Å². The number of rotatable bonds is 0. The quantitative estimate of drug-likeness (QED) is 0.503. The van der Waals surface area contributed by atoms with Gasteiger partial charge >= 0.3 is 0 Å². The molecular formula is C10H8O. The van der Waals surface area contributed by atoms with E-state index in [1.165, 1.54) is 5.56 Å². The summed E-state index contributed by atoms with van der Waals surface area (Å²) in [4.78, 5) is 0. The molecule has 1 aliphatic heterocycles. The second-order valence-corrected chi connectivity index (χ2v) is 2.59. The molecule has 11 heavy (non-hydrogen) atoms. The van der Waals surface area contributed by atoms with Gasteiger partial charge in [0.05, 0.1) is 0 Å². The van der Waals surface area contributed by atoms with Crippen LogP contribution in [0.25, 0.3) is 0 Å². The zero-order valence-corrected chi connectivity index (χ0v) is 6.08. The van der Waals surface area contributed by atoms with Crippen molar-refractivity contribution >= 4 is 0 Å². The highest BCUT2D eigenvalue weighted by Gasteiger charge is 2.19. The molecule has 1 aromatic carbocycles. The van der Waals surface area contributed by atoms with Crippen LogP contribution in [0.5, 0.6) is 5.75 Å². The number of terminal acetylenes is 1. The summed E-state index contributed by atoms with van der Waals surface area (Å²) in [6.07, 6.45) is 6.04. The molecule has 0 aliphatic carbocycles. The van der Waals surface area contributed by atoms with Gasteiger partial charge in [-0.1, -0.05) is 24.1 Å². The van der Waals surface area contributed by atoms with E-state index < -0.39 is 0 Å². The lowest BCUT2D eigenvalue weighted by Gasteiger charge is -1.99. The lowest BCUT2D eigenvalue weighted by molar-refractivity contribution is 0.293. The lowest BCUT2D eigenvalue weighted by atomic mass is 10.1. The lowest BCUT2D eigenvalue weighted by Crippen LogP contribution is -2.08. The molecule has 0 spiro atoms. The minimum atomic E-state index is -0.0487. The summed E-state index contributed by atoms with van der Waals surface area (Å²) in [5.74, 6) is 3.53. The minimum absolute atomic E-state index is 0.0487. The van der Waals surface area contributed by atoms with Gasteiger partial charge in [-0.2, -0.15) is 0 Å². The van der Waals surface area contributed by atoms with E-state index in [2.05, 4.69) is 5.92 Å². The van der Waals surface area contributed by atoms with Crippen LogP contribution in [0.15, 0.2) is 24.3 Å². The molecule has 0 bridgehead atoms. The van der Waals surface area contributed by atoms with Crippen LogP contribution in [0.3, 0.4) is 0 Å². The molecule has 1 unspecified atom stereocenters. The maximum atomic E-state index is 5.42. The van der Waals surface area contributed by atoms with Crippen molar-refractivity contribution in [3.8, 4) is 18.1 Å². The normalized spacial score (nSPS) is 20.1. The Hall–Kier alpha value is -1.42. The number of hydrogen-bond acceptors (Lipinski definition) is 1. The van der Waals surface area contributed by atoms with Gasteiger partial charge in [0.2, 0.25) is 0 Å². The van der Waals surface area contributed by atoms with Crippen LogP contribution in [0.4, 0.5) is 0 Å². The van der Waals surface area contributed by atoms with E-state index in [9.17, 15) is 0 Å². The van der Waals surface area contributed by atoms with Gasteiger partial charge in [-0.05, 0) is 11.6 Å². The van der Waals surface area contributed by atoms with Crippen LogP contribution < -0.4 is 4.74 Å². The average Bonchev–Trinajstić information content (AvgIpc) is 2.46. The first kappa shape index (κ1) is 6.30. The van der Waals surface area contributed by atoms with Crippen LogP contribution >= 0.6 is 0 Å². The minimum Gasteiger partial charge on any atom is -0.477 e. The summed E-state index contributed by atoms with van der Waals surface area (Å²) in [7, 11) is 0. The molecule has 0 saturated heterocycles. The predicted octanol–water partition coefficient (Wildman–Crippen LogP) is 1.62. The van der Waals surface area contributed by atoms with Crippen molar-refractivity contribution in [2.75, 3.05) is 0 Å². The Bertz CT molecular complexity index is 284. The molecule has 2 rings (SSSR count). The standard InChI is InChI=1S/C10H8O/c1-2-9-7-8-5-3-4-6-10(8)11-9/h1,3-6,9H,7H2. The van der Waals surface area contributed by atoms with E-state index >= 15 is 0 Å². The Morgan fingerprint density at radius 1 is 1.45 bits per heavy atom. The number of ether oxygens (including phenoxy) is 1. The van der Waals surface area contributed by atoms with Crippen LogP contribution in [0.2, 0.25) is 0 Å². The van der Waals surface area contributed by atoms with Gasteiger partial charge in [-0.3, -0.25) is 0 Å². The van der Waals surface area contributed by atoms with E-state index in [0.717, 1.165) is 12.2 Å². The molecular weight excluding hydrogens is 136 g/mol. The first-order chi connectivity index (χ1) is 5.40. The van der Waals surface area contributed by atoms with E-state index in [4.69, 9.17) is 11.2 Å². The molecule has 54 valence electrons. The maximum absolute atomic E-state index is 5.42. The summed E-state index contributed by atoms with van der Waals surface area (Å²) in [5, 5.41) is 0. The second-order valence-electron chi connectivity index (χ2n) is 2.59. The molecule has 1 nitrogen and oxygen atoms in total. The van der Waals surface area contributed by atoms with E-state index in [0.29, 0.717) is 0 Å². The highest BCUT2D eigenvalue weighted by atomic mass is 16.5. The summed E-state index contributed by atoms with van der Waals surface area (Å²) < 4.78 is 5.42. The van der Waals surface area contributed by atoms with Crippen molar-refractivity contribution in [3.63, 3.8) is 0 Å². The fourth-order valence-corrected chi connectivity index (χ4v) is 1.28. The van der Waals surface area contributed by atoms with E-state index in [1.807, 2.05) is 24.3 Å². The highest BCUT2D eigenvalue weighted by molar-refractivity contribution is 5.38. The monoisotopic (exact) mass is 144 g/mol. The Balaban J connectivity index is 2.35. The molecule has 1 aromatic rings. The predicted molar refractivity (Wildman–Crippen MR) is 43.4 cm³/mol. The fraction of sp³-hybridized carbons (Fsp3) is 0.200. The molecule has 1 aliphatic rings. The molecule has 0 aromatic heterocycles. The third-order valence-corrected chi connectivity index (χ3v) is 1.83. The summed E-state index contributed by atoms with van der Waals surface area (Å²) in [6.45, 7) is 0. The van der Waals surface area contributed by atoms with Crippen molar-refractivity contribution < 1.29 is 4.74 Å². The fourth-order valence-electron chi connectivity index (χ4n) is 1.28. The molecule has 0 fully saturated rings. The van der Waals surface area contributed by atoms with Crippen LogP contribution in [0.1, 0.15) is 5.56 Å².